The summed E-state index contributed by atoms with van der Waals surface area (Å²) in [5, 5.41) is 5.41. The van der Waals surface area contributed by atoms with Gasteiger partial charge in [-0.15, -0.1) is 0 Å². The van der Waals surface area contributed by atoms with Crippen LogP contribution in [0.25, 0.3) is 32.7 Å². The molecule has 1 aliphatic heterocycles. The predicted octanol–water partition coefficient (Wildman–Crippen LogP) is 4.64. The molecule has 2 atom stereocenters. The molecule has 2 aliphatic carbocycles. The van der Waals surface area contributed by atoms with Gasteiger partial charge in [0, 0.05) is 0 Å². The first-order valence-corrected chi connectivity index (χ1v) is 18.4. The van der Waals surface area contributed by atoms with Gasteiger partial charge in [0.2, 0.25) is 0 Å². The summed E-state index contributed by atoms with van der Waals surface area (Å²) in [4.78, 5) is 0. The van der Waals surface area contributed by atoms with Crippen LogP contribution in [-0.2, 0) is 36.1 Å². The average Bonchev–Trinajstić information content (AvgIpc) is 3.49. The Bertz CT molecular complexity index is 2040. The summed E-state index contributed by atoms with van der Waals surface area (Å²) in [6.07, 6.45) is 2.12. The van der Waals surface area contributed by atoms with Crippen LogP contribution in [0.5, 0.6) is 0 Å². The SMILES string of the molecule is CC1=C(c2cccc3ccccc23)c2c3cccc2[CH]1[Zr+2][CH]1C(C)=C(c2cccc4ccccc24)c2c(cccc21)CC3.[Cl-].[Cl-]. The largest absolute Gasteiger partial charge is 1.00 e. The van der Waals surface area contributed by atoms with Gasteiger partial charge in [0.1, 0.15) is 0 Å². The van der Waals surface area contributed by atoms with Crippen LogP contribution >= 0.6 is 0 Å². The number of aryl methyl sites for hydroxylation is 2. The molecular formula is C42H32Cl2Zr. The van der Waals surface area contributed by atoms with Gasteiger partial charge in [0.15, 0.2) is 0 Å². The molecule has 3 aliphatic rings. The molecule has 0 amide bonds. The Morgan fingerprint density at radius 2 is 0.867 bits per heavy atom. The number of hydrogen-bond donors (Lipinski definition) is 0. The molecule has 0 spiro atoms. The van der Waals surface area contributed by atoms with E-state index in [0.29, 0.717) is 7.25 Å². The molecule has 8 bridgehead atoms. The second kappa shape index (κ2) is 11.9. The second-order valence-electron chi connectivity index (χ2n) is 12.5. The van der Waals surface area contributed by atoms with Crippen LogP contribution in [0.3, 0.4) is 0 Å². The maximum Gasteiger partial charge on any atom is -1.00 e. The zero-order valence-corrected chi connectivity index (χ0v) is 29.3. The summed E-state index contributed by atoms with van der Waals surface area (Å²) in [6, 6.07) is 46.2. The summed E-state index contributed by atoms with van der Waals surface area (Å²) in [6.45, 7) is 4.93. The molecule has 0 N–H and O–H groups in total. The molecule has 0 nitrogen and oxygen atoms in total. The Morgan fingerprint density at radius 3 is 1.33 bits per heavy atom. The van der Waals surface area contributed by atoms with Crippen molar-refractivity contribution in [2.45, 2.75) is 33.9 Å². The van der Waals surface area contributed by atoms with Crippen LogP contribution in [0.4, 0.5) is 0 Å². The molecule has 0 fully saturated rings. The van der Waals surface area contributed by atoms with Crippen LogP contribution in [0.2, 0.25) is 0 Å². The molecule has 3 heteroatoms. The van der Waals surface area contributed by atoms with Crippen molar-refractivity contribution in [3.05, 3.63) is 177 Å². The smallest absolute Gasteiger partial charge is 1.00 e. The van der Waals surface area contributed by atoms with Gasteiger partial charge >= 0.3 is 267 Å². The van der Waals surface area contributed by atoms with Crippen molar-refractivity contribution >= 4 is 32.7 Å². The van der Waals surface area contributed by atoms with Crippen LogP contribution in [0.1, 0.15) is 65.6 Å². The van der Waals surface area contributed by atoms with Gasteiger partial charge in [0.05, 0.1) is 0 Å². The van der Waals surface area contributed by atoms with E-state index in [1.807, 2.05) is 0 Å². The van der Waals surface area contributed by atoms with Gasteiger partial charge in [0.25, 0.3) is 0 Å². The van der Waals surface area contributed by atoms with Crippen LogP contribution < -0.4 is 24.8 Å². The molecule has 45 heavy (non-hydrogen) atoms. The van der Waals surface area contributed by atoms with Crippen molar-refractivity contribution < 1.29 is 48.0 Å². The monoisotopic (exact) mass is 696 g/mol. The van der Waals surface area contributed by atoms with Crippen molar-refractivity contribution in [2.24, 2.45) is 0 Å². The Morgan fingerprint density at radius 1 is 0.467 bits per heavy atom. The third-order valence-corrected chi connectivity index (χ3v) is 15.6. The van der Waals surface area contributed by atoms with E-state index < -0.39 is 23.2 Å². The van der Waals surface area contributed by atoms with E-state index in [9.17, 15) is 0 Å². The van der Waals surface area contributed by atoms with Crippen molar-refractivity contribution in [3.63, 3.8) is 0 Å². The minimum absolute atomic E-state index is 0. The summed E-state index contributed by atoms with van der Waals surface area (Å²) in [5.74, 6) is 0. The Balaban J connectivity index is 0.00000163. The first kappa shape index (κ1) is 30.4. The standard InChI is InChI=1S/C42H32.2ClH.Zr/c1-27-25-33-17-7-15-31(41(33)39(27)37-21-9-13-29-11-3-5-19-35(29)37)23-24-32-16-8-18-34-26-28(2)40(42(32)34)38-22-10-14-30-12-4-6-20-36(30)38;;;/h3-22,25-26H,23-24H2,1-2H3;2*1H;/q;;;+2/p-2. The first-order chi connectivity index (χ1) is 21.2. The van der Waals surface area contributed by atoms with Gasteiger partial charge < -0.3 is 24.8 Å². The fraction of sp³-hybridized carbons (Fsp3) is 0.143. The maximum atomic E-state index is 2.47. The van der Waals surface area contributed by atoms with Gasteiger partial charge in [-0.3, -0.25) is 0 Å². The van der Waals surface area contributed by atoms with Crippen LogP contribution in [0, 0.1) is 0 Å². The Kier molecular flexibility index (Phi) is 8.02. The number of rotatable bonds is 2. The number of fused-ring (bicyclic) bond motifs is 2. The molecule has 9 rings (SSSR count). The summed E-state index contributed by atoms with van der Waals surface area (Å²) >= 11 is -1.04. The number of benzene rings is 6. The molecule has 6 aromatic rings. The number of allylic oxidation sites excluding steroid dienone is 2. The van der Waals surface area contributed by atoms with E-state index in [1.54, 1.807) is 33.4 Å². The minimum atomic E-state index is -1.04. The summed E-state index contributed by atoms with van der Waals surface area (Å²) < 4.78 is 1.13. The predicted molar refractivity (Wildman–Crippen MR) is 177 cm³/mol. The number of halogens is 2. The molecule has 6 aromatic carbocycles. The summed E-state index contributed by atoms with van der Waals surface area (Å²) in [5.41, 5.74) is 18.4. The normalized spacial score (nSPS) is 17.7. The summed E-state index contributed by atoms with van der Waals surface area (Å²) in [7, 11) is 0. The van der Waals surface area contributed by atoms with E-state index >= 15 is 0 Å². The molecular weight excluding hydrogens is 667 g/mol. The zero-order chi connectivity index (χ0) is 28.7. The van der Waals surface area contributed by atoms with Gasteiger partial charge in [-0.25, -0.2) is 0 Å². The molecule has 0 saturated heterocycles. The fourth-order valence-electron chi connectivity index (χ4n) is 8.34. The van der Waals surface area contributed by atoms with Gasteiger partial charge in [-0.05, 0) is 0 Å². The first-order valence-electron chi connectivity index (χ1n) is 15.6. The molecule has 0 radical (unpaired) electrons. The Hall–Kier alpha value is -3.22. The second-order valence-corrected chi connectivity index (χ2v) is 16.1. The van der Waals surface area contributed by atoms with Crippen molar-refractivity contribution in [2.75, 3.05) is 0 Å². The van der Waals surface area contributed by atoms with E-state index in [0.717, 1.165) is 12.8 Å². The van der Waals surface area contributed by atoms with Gasteiger partial charge in [-0.2, -0.15) is 0 Å². The fourth-order valence-corrected chi connectivity index (χ4v) is 13.2. The zero-order valence-electron chi connectivity index (χ0n) is 25.4. The van der Waals surface area contributed by atoms with E-state index in [1.165, 1.54) is 54.9 Å². The third-order valence-electron chi connectivity index (χ3n) is 10.3. The van der Waals surface area contributed by atoms with E-state index in [-0.39, 0.29) is 24.8 Å². The molecule has 1 heterocycles. The topological polar surface area (TPSA) is 0 Å². The van der Waals surface area contributed by atoms with E-state index in [4.69, 9.17) is 0 Å². The van der Waals surface area contributed by atoms with E-state index in [2.05, 4.69) is 135 Å². The van der Waals surface area contributed by atoms with Crippen molar-refractivity contribution in [3.8, 4) is 0 Å². The molecule has 0 aromatic heterocycles. The average molecular weight is 699 g/mol. The number of hydrogen-bond acceptors (Lipinski definition) is 0. The third kappa shape index (κ3) is 4.58. The minimum Gasteiger partial charge on any atom is -1.00 e. The van der Waals surface area contributed by atoms with Crippen molar-refractivity contribution in [1.82, 2.24) is 0 Å². The molecule has 0 saturated carbocycles. The van der Waals surface area contributed by atoms with Crippen LogP contribution in [-0.4, -0.2) is 0 Å². The van der Waals surface area contributed by atoms with Gasteiger partial charge in [-0.1, -0.05) is 0 Å². The van der Waals surface area contributed by atoms with Crippen molar-refractivity contribution in [1.29, 1.82) is 0 Å². The maximum absolute atomic E-state index is 2.47. The Labute approximate surface area is 289 Å². The molecule has 218 valence electrons. The quantitative estimate of drug-likeness (QED) is 0.248. The molecule has 2 unspecified atom stereocenters. The van der Waals surface area contributed by atoms with Crippen LogP contribution in [0.15, 0.2) is 132 Å².